The summed E-state index contributed by atoms with van der Waals surface area (Å²) in [7, 11) is 1.43. The van der Waals surface area contributed by atoms with Crippen LogP contribution >= 0.6 is 0 Å². The number of aliphatic carboxylic acids is 1. The van der Waals surface area contributed by atoms with Crippen LogP contribution in [0.15, 0.2) is 54.6 Å². The minimum atomic E-state index is -1.09. The second-order valence-corrected chi connectivity index (χ2v) is 4.66. The van der Waals surface area contributed by atoms with E-state index in [0.29, 0.717) is 11.3 Å². The van der Waals surface area contributed by atoms with Gasteiger partial charge in [0, 0.05) is 5.56 Å². The number of benzene rings is 2. The van der Waals surface area contributed by atoms with Gasteiger partial charge in [-0.05, 0) is 29.8 Å². The lowest BCUT2D eigenvalue weighted by Gasteiger charge is -2.09. The molecule has 0 fully saturated rings. The molecule has 5 heteroatoms. The Morgan fingerprint density at radius 2 is 1.83 bits per heavy atom. The molecule has 23 heavy (non-hydrogen) atoms. The fraction of sp³-hybridized carbons (Fsp3) is 0.111. The first-order valence-electron chi connectivity index (χ1n) is 6.90. The summed E-state index contributed by atoms with van der Waals surface area (Å²) >= 11 is 0. The summed E-state index contributed by atoms with van der Waals surface area (Å²) in [4.78, 5) is 22.7. The fourth-order valence-electron chi connectivity index (χ4n) is 1.91. The third kappa shape index (κ3) is 4.71. The van der Waals surface area contributed by atoms with E-state index in [4.69, 9.17) is 14.6 Å². The number of ketones is 1. The molecule has 2 aromatic carbocycles. The zero-order chi connectivity index (χ0) is 16.7. The van der Waals surface area contributed by atoms with E-state index in [-0.39, 0.29) is 11.5 Å². The van der Waals surface area contributed by atoms with Crippen LogP contribution < -0.4 is 9.47 Å². The van der Waals surface area contributed by atoms with Crippen molar-refractivity contribution in [1.82, 2.24) is 0 Å². The maximum Gasteiger partial charge on any atom is 0.341 e. The Labute approximate surface area is 133 Å². The zero-order valence-corrected chi connectivity index (χ0v) is 12.6. The highest BCUT2D eigenvalue weighted by Gasteiger charge is 2.10. The number of hydrogen-bond acceptors (Lipinski definition) is 4. The lowest BCUT2D eigenvalue weighted by atomic mass is 10.1. The molecule has 0 saturated heterocycles. The van der Waals surface area contributed by atoms with Crippen LogP contribution in [0.2, 0.25) is 0 Å². The molecule has 2 aromatic rings. The van der Waals surface area contributed by atoms with Crippen LogP contribution in [-0.2, 0) is 4.79 Å². The minimum absolute atomic E-state index is 0.183. The molecule has 0 atom stereocenters. The summed E-state index contributed by atoms with van der Waals surface area (Å²) in [5.41, 5.74) is 1.35. The van der Waals surface area contributed by atoms with Crippen LogP contribution in [0, 0.1) is 0 Å². The summed E-state index contributed by atoms with van der Waals surface area (Å²) in [6.07, 6.45) is 3.20. The molecule has 0 unspecified atom stereocenters. The first-order valence-corrected chi connectivity index (χ1v) is 6.90. The number of carboxylic acids is 1. The van der Waals surface area contributed by atoms with Gasteiger partial charge in [-0.3, -0.25) is 4.79 Å². The molecule has 0 bridgehead atoms. The molecule has 2 rings (SSSR count). The van der Waals surface area contributed by atoms with E-state index >= 15 is 0 Å². The predicted octanol–water partition coefficient (Wildman–Crippen LogP) is 3.05. The minimum Gasteiger partial charge on any atom is -0.493 e. The molecule has 1 N–H and O–H groups in total. The highest BCUT2D eigenvalue weighted by Crippen LogP contribution is 2.28. The molecular weight excluding hydrogens is 296 g/mol. The van der Waals surface area contributed by atoms with Gasteiger partial charge in [0.1, 0.15) is 0 Å². The summed E-state index contributed by atoms with van der Waals surface area (Å²) in [6, 6.07) is 14.1. The van der Waals surface area contributed by atoms with Crippen molar-refractivity contribution in [3.05, 3.63) is 65.7 Å². The number of carbonyl (C=O) groups is 2. The van der Waals surface area contributed by atoms with Crippen LogP contribution in [0.3, 0.4) is 0 Å². The average Bonchev–Trinajstić information content (AvgIpc) is 2.58. The van der Waals surface area contributed by atoms with Crippen LogP contribution in [0.5, 0.6) is 11.5 Å². The third-order valence-electron chi connectivity index (χ3n) is 3.03. The van der Waals surface area contributed by atoms with Crippen LogP contribution in [-0.4, -0.2) is 30.6 Å². The molecule has 0 aliphatic heterocycles. The third-order valence-corrected chi connectivity index (χ3v) is 3.03. The molecule has 5 nitrogen and oxygen atoms in total. The van der Waals surface area contributed by atoms with Crippen LogP contribution in [0.1, 0.15) is 15.9 Å². The molecule has 0 aliphatic rings. The highest BCUT2D eigenvalue weighted by molar-refractivity contribution is 6.07. The standard InChI is InChI=1S/C18H16O5/c1-22-17-11-14(8-10-16(17)23-12-18(20)21)15(19)9-7-13-5-3-2-4-6-13/h2-11H,12H2,1H3,(H,20,21)/b9-7-. The SMILES string of the molecule is COc1cc(C(=O)/C=C\c2ccccc2)ccc1OCC(=O)O. The van der Waals surface area contributed by atoms with E-state index in [1.807, 2.05) is 30.3 Å². The van der Waals surface area contributed by atoms with Gasteiger partial charge in [0.15, 0.2) is 23.9 Å². The Kier molecular flexibility index (Phi) is 5.52. The number of hydrogen-bond donors (Lipinski definition) is 1. The second-order valence-electron chi connectivity index (χ2n) is 4.66. The monoisotopic (exact) mass is 312 g/mol. The fourth-order valence-corrected chi connectivity index (χ4v) is 1.91. The van der Waals surface area contributed by atoms with Crippen molar-refractivity contribution in [3.63, 3.8) is 0 Å². The molecule has 0 heterocycles. The predicted molar refractivity (Wildman–Crippen MR) is 85.9 cm³/mol. The van der Waals surface area contributed by atoms with E-state index in [1.54, 1.807) is 12.1 Å². The summed E-state index contributed by atoms with van der Waals surface area (Å²) < 4.78 is 10.2. The van der Waals surface area contributed by atoms with Crippen molar-refractivity contribution in [2.75, 3.05) is 13.7 Å². The quantitative estimate of drug-likeness (QED) is 0.628. The van der Waals surface area contributed by atoms with Gasteiger partial charge in [-0.1, -0.05) is 36.4 Å². The maximum absolute atomic E-state index is 12.2. The van der Waals surface area contributed by atoms with Crippen LogP contribution in [0.25, 0.3) is 6.08 Å². The zero-order valence-electron chi connectivity index (χ0n) is 12.6. The van der Waals surface area contributed by atoms with Crippen molar-refractivity contribution in [3.8, 4) is 11.5 Å². The summed E-state index contributed by atoms with van der Waals surface area (Å²) in [5.74, 6) is -0.682. The molecule has 0 spiro atoms. The number of ether oxygens (including phenoxy) is 2. The topological polar surface area (TPSA) is 72.8 Å². The number of carbonyl (C=O) groups excluding carboxylic acids is 1. The van der Waals surface area contributed by atoms with E-state index in [2.05, 4.69) is 0 Å². The first-order chi connectivity index (χ1) is 11.1. The molecule has 0 amide bonds. The van der Waals surface area contributed by atoms with Gasteiger partial charge in [-0.15, -0.1) is 0 Å². The Morgan fingerprint density at radius 3 is 2.48 bits per heavy atom. The number of methoxy groups -OCH3 is 1. The number of carboxylic acid groups (broad SMARTS) is 1. The van der Waals surface area contributed by atoms with Crippen molar-refractivity contribution in [1.29, 1.82) is 0 Å². The number of rotatable bonds is 7. The van der Waals surface area contributed by atoms with Gasteiger partial charge in [-0.25, -0.2) is 4.79 Å². The van der Waals surface area contributed by atoms with Crippen molar-refractivity contribution >= 4 is 17.8 Å². The molecular formula is C18H16O5. The lowest BCUT2D eigenvalue weighted by Crippen LogP contribution is -2.10. The molecule has 118 valence electrons. The largest absolute Gasteiger partial charge is 0.493 e. The van der Waals surface area contributed by atoms with E-state index in [1.165, 1.54) is 25.3 Å². The smallest absolute Gasteiger partial charge is 0.341 e. The average molecular weight is 312 g/mol. The van der Waals surface area contributed by atoms with Gasteiger partial charge in [0.2, 0.25) is 0 Å². The Morgan fingerprint density at radius 1 is 1.09 bits per heavy atom. The van der Waals surface area contributed by atoms with Gasteiger partial charge < -0.3 is 14.6 Å². The maximum atomic E-state index is 12.2. The Hall–Kier alpha value is -3.08. The van der Waals surface area contributed by atoms with Gasteiger partial charge in [-0.2, -0.15) is 0 Å². The molecule has 0 radical (unpaired) electrons. The molecule has 0 aromatic heterocycles. The Balaban J connectivity index is 2.14. The Bertz CT molecular complexity index is 719. The van der Waals surface area contributed by atoms with E-state index < -0.39 is 12.6 Å². The van der Waals surface area contributed by atoms with E-state index in [0.717, 1.165) is 5.56 Å². The molecule has 0 aliphatic carbocycles. The van der Waals surface area contributed by atoms with Crippen molar-refractivity contribution in [2.24, 2.45) is 0 Å². The summed E-state index contributed by atoms with van der Waals surface area (Å²) in [6.45, 7) is -0.475. The first kappa shape index (κ1) is 16.3. The van der Waals surface area contributed by atoms with Gasteiger partial charge in [0.25, 0.3) is 0 Å². The molecule has 0 saturated carbocycles. The normalized spacial score (nSPS) is 10.5. The number of allylic oxidation sites excluding steroid dienone is 1. The summed E-state index contributed by atoms with van der Waals surface area (Å²) in [5, 5.41) is 8.63. The lowest BCUT2D eigenvalue weighted by molar-refractivity contribution is -0.139. The van der Waals surface area contributed by atoms with Crippen molar-refractivity contribution in [2.45, 2.75) is 0 Å². The van der Waals surface area contributed by atoms with Crippen LogP contribution in [0.4, 0.5) is 0 Å². The van der Waals surface area contributed by atoms with E-state index in [9.17, 15) is 9.59 Å². The highest BCUT2D eigenvalue weighted by atomic mass is 16.5. The second kappa shape index (κ2) is 7.79. The van der Waals surface area contributed by atoms with Crippen molar-refractivity contribution < 1.29 is 24.2 Å². The van der Waals surface area contributed by atoms with Gasteiger partial charge in [0.05, 0.1) is 7.11 Å². The van der Waals surface area contributed by atoms with Gasteiger partial charge >= 0.3 is 5.97 Å².